The molecular formula is C16H18FN3O3. The third-order valence-electron chi connectivity index (χ3n) is 3.30. The minimum Gasteiger partial charge on any atom is -0.481 e. The van der Waals surface area contributed by atoms with Crippen LogP contribution in [0.4, 0.5) is 4.39 Å². The highest BCUT2D eigenvalue weighted by Crippen LogP contribution is 2.18. The number of aryl methyl sites for hydroxylation is 1. The van der Waals surface area contributed by atoms with Gasteiger partial charge in [-0.2, -0.15) is 5.10 Å². The molecule has 0 saturated carbocycles. The number of carboxylic acid groups (broad SMARTS) is 1. The first kappa shape index (κ1) is 16.7. The van der Waals surface area contributed by atoms with Gasteiger partial charge in [0.2, 0.25) is 0 Å². The van der Waals surface area contributed by atoms with Crippen LogP contribution in [0, 0.1) is 5.82 Å². The van der Waals surface area contributed by atoms with Gasteiger partial charge in [-0.3, -0.25) is 14.3 Å². The van der Waals surface area contributed by atoms with Crippen LogP contribution in [0.5, 0.6) is 0 Å². The van der Waals surface area contributed by atoms with Crippen molar-refractivity contribution < 1.29 is 19.1 Å². The number of amides is 1. The van der Waals surface area contributed by atoms with Crippen molar-refractivity contribution in [3.63, 3.8) is 0 Å². The average Bonchev–Trinajstić information content (AvgIpc) is 2.96. The Hall–Kier alpha value is -2.70. The maximum atomic E-state index is 13.0. The monoisotopic (exact) mass is 319 g/mol. The summed E-state index contributed by atoms with van der Waals surface area (Å²) in [6, 6.07) is 4.65. The van der Waals surface area contributed by atoms with Gasteiger partial charge in [-0.05, 0) is 24.1 Å². The molecule has 2 N–H and O–H groups in total. The lowest BCUT2D eigenvalue weighted by Gasteiger charge is -2.17. The van der Waals surface area contributed by atoms with Gasteiger partial charge in [-0.1, -0.05) is 19.1 Å². The summed E-state index contributed by atoms with van der Waals surface area (Å²) in [5, 5.41) is 15.7. The van der Waals surface area contributed by atoms with Gasteiger partial charge in [-0.15, -0.1) is 0 Å². The molecule has 0 bridgehead atoms. The molecule has 0 aliphatic carbocycles. The number of hydrogen-bond acceptors (Lipinski definition) is 3. The van der Waals surface area contributed by atoms with Crippen molar-refractivity contribution in [1.29, 1.82) is 0 Å². The largest absolute Gasteiger partial charge is 0.481 e. The summed E-state index contributed by atoms with van der Waals surface area (Å²) in [4.78, 5) is 23.3. The Bertz CT molecular complexity index is 682. The first-order chi connectivity index (χ1) is 11.0. The first-order valence-electron chi connectivity index (χ1n) is 7.30. The molecule has 0 aliphatic heterocycles. The van der Waals surface area contributed by atoms with E-state index in [4.69, 9.17) is 5.11 Å². The van der Waals surface area contributed by atoms with Gasteiger partial charge in [0.15, 0.2) is 0 Å². The predicted octanol–water partition coefficient (Wildman–Crippen LogP) is 2.38. The molecule has 1 aromatic carbocycles. The van der Waals surface area contributed by atoms with Gasteiger partial charge in [0.05, 0.1) is 24.2 Å². The van der Waals surface area contributed by atoms with Crippen LogP contribution in [0.25, 0.3) is 0 Å². The number of nitrogens with one attached hydrogen (secondary N) is 1. The van der Waals surface area contributed by atoms with Crippen molar-refractivity contribution in [3.8, 4) is 0 Å². The molecule has 2 rings (SSSR count). The number of hydrogen-bond donors (Lipinski definition) is 2. The van der Waals surface area contributed by atoms with Crippen LogP contribution < -0.4 is 5.32 Å². The molecule has 0 aliphatic rings. The fourth-order valence-corrected chi connectivity index (χ4v) is 2.20. The van der Waals surface area contributed by atoms with Gasteiger partial charge in [-0.25, -0.2) is 4.39 Å². The van der Waals surface area contributed by atoms with Crippen LogP contribution in [-0.4, -0.2) is 26.8 Å². The standard InChI is InChI=1S/C16H18FN3O3/c1-2-7-20-10-12(9-18-20)16(23)19-14(8-15(21)22)11-3-5-13(17)6-4-11/h3-6,9-10,14H,2,7-8H2,1H3,(H,19,23)(H,21,22). The SMILES string of the molecule is CCCn1cc(C(=O)NC(CC(=O)O)c2ccc(F)cc2)cn1. The Morgan fingerprint density at radius 3 is 2.65 bits per heavy atom. The van der Waals surface area contributed by atoms with E-state index in [1.807, 2.05) is 6.92 Å². The number of carboxylic acids is 1. The number of aromatic nitrogens is 2. The molecule has 6 nitrogen and oxygen atoms in total. The summed E-state index contributed by atoms with van der Waals surface area (Å²) in [6.07, 6.45) is 3.65. The van der Waals surface area contributed by atoms with Crippen LogP contribution >= 0.6 is 0 Å². The lowest BCUT2D eigenvalue weighted by Crippen LogP contribution is -2.30. The van der Waals surface area contributed by atoms with E-state index in [0.717, 1.165) is 6.42 Å². The molecule has 0 spiro atoms. The number of carbonyl (C=O) groups is 2. The highest BCUT2D eigenvalue weighted by molar-refractivity contribution is 5.94. The third kappa shape index (κ3) is 4.64. The van der Waals surface area contributed by atoms with Crippen molar-refractivity contribution in [2.45, 2.75) is 32.4 Å². The average molecular weight is 319 g/mol. The number of benzene rings is 1. The highest BCUT2D eigenvalue weighted by atomic mass is 19.1. The summed E-state index contributed by atoms with van der Waals surface area (Å²) in [7, 11) is 0. The maximum Gasteiger partial charge on any atom is 0.305 e. The molecule has 1 heterocycles. The zero-order valence-corrected chi connectivity index (χ0v) is 12.7. The Morgan fingerprint density at radius 1 is 1.35 bits per heavy atom. The summed E-state index contributed by atoms with van der Waals surface area (Å²) >= 11 is 0. The van der Waals surface area contributed by atoms with Crippen molar-refractivity contribution in [1.82, 2.24) is 15.1 Å². The molecular weight excluding hydrogens is 301 g/mol. The van der Waals surface area contributed by atoms with Crippen molar-refractivity contribution >= 4 is 11.9 Å². The zero-order chi connectivity index (χ0) is 16.8. The van der Waals surface area contributed by atoms with Gasteiger partial charge < -0.3 is 10.4 Å². The lowest BCUT2D eigenvalue weighted by molar-refractivity contribution is -0.137. The first-order valence-corrected chi connectivity index (χ1v) is 7.30. The lowest BCUT2D eigenvalue weighted by atomic mass is 10.0. The quantitative estimate of drug-likeness (QED) is 0.820. The number of halogens is 1. The number of carbonyl (C=O) groups excluding carboxylic acids is 1. The van der Waals surface area contributed by atoms with E-state index in [0.29, 0.717) is 17.7 Å². The van der Waals surface area contributed by atoms with E-state index < -0.39 is 23.7 Å². The molecule has 1 unspecified atom stereocenters. The third-order valence-corrected chi connectivity index (χ3v) is 3.30. The van der Waals surface area contributed by atoms with Crippen LogP contribution in [0.3, 0.4) is 0 Å². The molecule has 7 heteroatoms. The molecule has 0 radical (unpaired) electrons. The summed E-state index contributed by atoms with van der Waals surface area (Å²) in [5.41, 5.74) is 0.888. The second kappa shape index (κ2) is 7.53. The topological polar surface area (TPSA) is 84.2 Å². The molecule has 0 fully saturated rings. The second-order valence-corrected chi connectivity index (χ2v) is 5.17. The van der Waals surface area contributed by atoms with E-state index in [2.05, 4.69) is 10.4 Å². The smallest absolute Gasteiger partial charge is 0.305 e. The minimum absolute atomic E-state index is 0.291. The molecule has 1 atom stereocenters. The van der Waals surface area contributed by atoms with Crippen LogP contribution in [0.2, 0.25) is 0 Å². The molecule has 2 aromatic rings. The van der Waals surface area contributed by atoms with Crippen molar-refractivity contribution in [2.75, 3.05) is 0 Å². The predicted molar refractivity (Wildman–Crippen MR) is 81.4 cm³/mol. The Labute approximate surface area is 132 Å². The van der Waals surface area contributed by atoms with Crippen molar-refractivity contribution in [2.24, 2.45) is 0 Å². The van der Waals surface area contributed by atoms with E-state index >= 15 is 0 Å². The Morgan fingerprint density at radius 2 is 2.04 bits per heavy atom. The molecule has 1 aromatic heterocycles. The zero-order valence-electron chi connectivity index (χ0n) is 12.7. The molecule has 122 valence electrons. The minimum atomic E-state index is -1.05. The summed E-state index contributed by atoms with van der Waals surface area (Å²) in [6.45, 7) is 2.70. The van der Waals surface area contributed by atoms with E-state index in [-0.39, 0.29) is 6.42 Å². The number of rotatable bonds is 7. The van der Waals surface area contributed by atoms with Gasteiger partial charge in [0, 0.05) is 12.7 Å². The molecule has 1 amide bonds. The van der Waals surface area contributed by atoms with Crippen LogP contribution in [0.15, 0.2) is 36.7 Å². The summed E-state index contributed by atoms with van der Waals surface area (Å²) in [5.74, 6) is -1.89. The molecule has 0 saturated heterocycles. The van der Waals surface area contributed by atoms with E-state index in [9.17, 15) is 14.0 Å². The highest BCUT2D eigenvalue weighted by Gasteiger charge is 2.19. The fraction of sp³-hybridized carbons (Fsp3) is 0.312. The van der Waals surface area contributed by atoms with Gasteiger partial charge >= 0.3 is 5.97 Å². The van der Waals surface area contributed by atoms with E-state index in [1.54, 1.807) is 10.9 Å². The van der Waals surface area contributed by atoms with Crippen LogP contribution in [0.1, 0.15) is 41.7 Å². The Kier molecular flexibility index (Phi) is 5.46. The maximum absolute atomic E-state index is 13.0. The normalized spacial score (nSPS) is 11.9. The Balaban J connectivity index is 2.14. The molecule has 23 heavy (non-hydrogen) atoms. The van der Waals surface area contributed by atoms with Gasteiger partial charge in [0.25, 0.3) is 5.91 Å². The second-order valence-electron chi connectivity index (χ2n) is 5.17. The van der Waals surface area contributed by atoms with Crippen LogP contribution in [-0.2, 0) is 11.3 Å². The van der Waals surface area contributed by atoms with E-state index in [1.165, 1.54) is 30.5 Å². The fourth-order valence-electron chi connectivity index (χ4n) is 2.20. The number of nitrogens with zero attached hydrogens (tertiary/aromatic N) is 2. The van der Waals surface area contributed by atoms with Gasteiger partial charge in [0.1, 0.15) is 5.82 Å². The summed E-state index contributed by atoms with van der Waals surface area (Å²) < 4.78 is 14.7. The number of aliphatic carboxylic acids is 1. The van der Waals surface area contributed by atoms with Crippen molar-refractivity contribution in [3.05, 3.63) is 53.6 Å².